The van der Waals surface area contributed by atoms with Gasteiger partial charge in [-0.25, -0.2) is 4.79 Å². The maximum absolute atomic E-state index is 13.6. The summed E-state index contributed by atoms with van der Waals surface area (Å²) < 4.78 is 35.0. The summed E-state index contributed by atoms with van der Waals surface area (Å²) >= 11 is 0. The number of hydrogen-bond donors (Lipinski definition) is 14. The van der Waals surface area contributed by atoms with Gasteiger partial charge in [0.05, 0.1) is 50.7 Å². The standard InChI is InChI=1S/C78H148N2O21/c1-4-6-8-10-12-14-16-18-20-22-24-26-28-30-31-33-35-37-39-41-43-45-47-49-51-60(85)59(80-65(88)52-50-48-46-44-42-40-38-36-34-32-29-27-25-23-21-19-17-15-13-11-9-7-5-2)57-96-75-70(92)69(91)72(64(56-83)98-75)99-76-71(93)74(68(90)63(55-82)97-76)101-78(77(94)95)53-61(86)66(79-58(3)84)73(100-78)67(89)62(87)54-81/h59-64,66-76,81-83,85-87,89-93H,4-57H2,1-3H3,(H,79,84)(H,80,88)(H,94,95). The number of aliphatic carboxylic acids is 1. The van der Waals surface area contributed by atoms with Crippen molar-refractivity contribution in [2.45, 2.75) is 452 Å². The van der Waals surface area contributed by atoms with Crippen molar-refractivity contribution in [2.75, 3.05) is 26.4 Å². The molecule has 3 aliphatic heterocycles. The van der Waals surface area contributed by atoms with Crippen LogP contribution in [0.4, 0.5) is 0 Å². The fourth-order valence-corrected chi connectivity index (χ4v) is 14.6. The largest absolute Gasteiger partial charge is 0.477 e. The molecule has 0 saturated carbocycles. The van der Waals surface area contributed by atoms with Crippen LogP contribution in [0, 0.1) is 0 Å². The molecule has 3 rings (SSSR count). The summed E-state index contributed by atoms with van der Waals surface area (Å²) in [5.41, 5.74) is 0. The van der Waals surface area contributed by atoms with Gasteiger partial charge in [-0.2, -0.15) is 0 Å². The summed E-state index contributed by atoms with van der Waals surface area (Å²) in [6.07, 6.45) is 30.9. The van der Waals surface area contributed by atoms with Crippen LogP contribution in [0.3, 0.4) is 0 Å². The van der Waals surface area contributed by atoms with Crippen LogP contribution in [-0.2, 0) is 42.8 Å². The number of unbranched alkanes of at least 4 members (excludes halogenated alkanes) is 45. The third kappa shape index (κ3) is 38.4. The van der Waals surface area contributed by atoms with Crippen molar-refractivity contribution in [2.24, 2.45) is 0 Å². The van der Waals surface area contributed by atoms with Crippen LogP contribution in [-0.4, -0.2) is 215 Å². The van der Waals surface area contributed by atoms with Crippen LogP contribution in [0.2, 0.25) is 0 Å². The first-order valence-corrected chi connectivity index (χ1v) is 40.9. The number of carbonyl (C=O) groups is 3. The van der Waals surface area contributed by atoms with Crippen LogP contribution >= 0.6 is 0 Å². The van der Waals surface area contributed by atoms with Crippen LogP contribution < -0.4 is 10.6 Å². The van der Waals surface area contributed by atoms with Crippen molar-refractivity contribution in [3.63, 3.8) is 0 Å². The maximum atomic E-state index is 13.6. The Kier molecular flexibility index (Phi) is 53.2. The Morgan fingerprint density at radius 1 is 0.475 bits per heavy atom. The molecule has 18 atom stereocenters. The van der Waals surface area contributed by atoms with Gasteiger partial charge in [-0.1, -0.05) is 309 Å². The topological polar surface area (TPSA) is 373 Å². The number of ether oxygens (including phenoxy) is 6. The normalized spacial score (nSPS) is 26.7. The molecule has 3 aliphatic rings. The van der Waals surface area contributed by atoms with E-state index in [-0.39, 0.29) is 18.9 Å². The summed E-state index contributed by atoms with van der Waals surface area (Å²) in [6, 6.07) is -2.53. The minimum absolute atomic E-state index is 0.230. The minimum atomic E-state index is -3.08. The van der Waals surface area contributed by atoms with Gasteiger partial charge in [0.25, 0.3) is 5.79 Å². The molecule has 23 nitrogen and oxygen atoms in total. The fraction of sp³-hybridized carbons (Fsp3) is 0.962. The molecule has 3 fully saturated rings. The third-order valence-electron chi connectivity index (χ3n) is 21.1. The Morgan fingerprint density at radius 3 is 1.24 bits per heavy atom. The van der Waals surface area contributed by atoms with Crippen molar-refractivity contribution < 1.29 is 104 Å². The summed E-state index contributed by atoms with van der Waals surface area (Å²) in [4.78, 5) is 38.7. The van der Waals surface area contributed by atoms with Crippen molar-refractivity contribution in [3.05, 3.63) is 0 Å². The van der Waals surface area contributed by atoms with Crippen molar-refractivity contribution in [3.8, 4) is 0 Å². The predicted octanol–water partition coefficient (Wildman–Crippen LogP) is 10.8. The number of amides is 2. The molecule has 0 bridgehead atoms. The van der Waals surface area contributed by atoms with Gasteiger partial charge in [0.1, 0.15) is 67.1 Å². The molecule has 2 amide bonds. The van der Waals surface area contributed by atoms with E-state index in [1.165, 1.54) is 244 Å². The highest BCUT2D eigenvalue weighted by Gasteiger charge is 2.60. The van der Waals surface area contributed by atoms with Crippen molar-refractivity contribution in [1.29, 1.82) is 0 Å². The van der Waals surface area contributed by atoms with Gasteiger partial charge < -0.3 is 100 Å². The smallest absolute Gasteiger partial charge is 0.364 e. The molecule has 0 radical (unpaired) electrons. The van der Waals surface area contributed by atoms with Crippen LogP contribution in [0.15, 0.2) is 0 Å². The zero-order valence-electron chi connectivity index (χ0n) is 63.0. The van der Waals surface area contributed by atoms with E-state index < -0.39 is 148 Å². The number of carboxylic acids is 1. The van der Waals surface area contributed by atoms with E-state index in [0.29, 0.717) is 19.3 Å². The SMILES string of the molecule is CCCCCCCCCCCCCCCCCCCCCCCCCCC(O)C(COC1OC(CO)C(OC2OC(CO)C(O)C(OC3(C(=O)O)CC(O)C(NC(C)=O)C(C(O)C(O)CO)O3)C2O)C(O)C1O)NC(=O)CCCCCCCCCCCCCCCCCCCCCCCCC. The molecule has 3 heterocycles. The van der Waals surface area contributed by atoms with Gasteiger partial charge in [-0.3, -0.25) is 9.59 Å². The van der Waals surface area contributed by atoms with E-state index in [1.807, 2.05) is 0 Å². The lowest BCUT2D eigenvalue weighted by molar-refractivity contribution is -0.386. The van der Waals surface area contributed by atoms with Crippen LogP contribution in [0.5, 0.6) is 0 Å². The summed E-state index contributed by atoms with van der Waals surface area (Å²) in [5, 5.41) is 137. The lowest BCUT2D eigenvalue weighted by atomic mass is 9.88. The van der Waals surface area contributed by atoms with Gasteiger partial charge in [0.15, 0.2) is 12.6 Å². The molecule has 14 N–H and O–H groups in total. The van der Waals surface area contributed by atoms with Gasteiger partial charge in [0.2, 0.25) is 11.8 Å². The monoisotopic (exact) mass is 1450 g/mol. The van der Waals surface area contributed by atoms with E-state index in [0.717, 1.165) is 51.9 Å². The Labute approximate surface area is 608 Å². The molecule has 0 aliphatic carbocycles. The molecule has 596 valence electrons. The third-order valence-corrected chi connectivity index (χ3v) is 21.1. The lowest BCUT2D eigenvalue weighted by Crippen LogP contribution is -2.70. The molecular weight excluding hydrogens is 1300 g/mol. The highest BCUT2D eigenvalue weighted by molar-refractivity contribution is 5.77. The van der Waals surface area contributed by atoms with Crippen molar-refractivity contribution in [1.82, 2.24) is 10.6 Å². The Balaban J connectivity index is 1.51. The van der Waals surface area contributed by atoms with E-state index in [1.54, 1.807) is 0 Å². The van der Waals surface area contributed by atoms with E-state index in [4.69, 9.17) is 28.4 Å². The first kappa shape index (κ1) is 92.9. The maximum Gasteiger partial charge on any atom is 0.364 e. The van der Waals surface area contributed by atoms with Gasteiger partial charge in [-0.15, -0.1) is 0 Å². The van der Waals surface area contributed by atoms with Gasteiger partial charge in [0, 0.05) is 19.8 Å². The summed E-state index contributed by atoms with van der Waals surface area (Å²) in [6.45, 7) is 2.28. The molecule has 0 aromatic rings. The minimum Gasteiger partial charge on any atom is -0.477 e. The number of nitrogens with one attached hydrogen (secondary N) is 2. The van der Waals surface area contributed by atoms with Crippen LogP contribution in [0.1, 0.15) is 342 Å². The lowest BCUT2D eigenvalue weighted by Gasteiger charge is -2.50. The van der Waals surface area contributed by atoms with Gasteiger partial charge in [-0.05, 0) is 12.8 Å². The quantitative estimate of drug-likeness (QED) is 0.0252. The first-order valence-electron chi connectivity index (χ1n) is 40.9. The molecule has 0 aromatic heterocycles. The number of aliphatic hydroxyl groups is 11. The van der Waals surface area contributed by atoms with Crippen LogP contribution in [0.25, 0.3) is 0 Å². The molecule has 18 unspecified atom stereocenters. The van der Waals surface area contributed by atoms with Crippen molar-refractivity contribution >= 4 is 17.8 Å². The first-order chi connectivity index (χ1) is 48.9. The zero-order valence-corrected chi connectivity index (χ0v) is 63.0. The molecule has 0 aromatic carbocycles. The second-order valence-corrected chi connectivity index (χ2v) is 30.0. The number of carboxylic acid groups (broad SMARTS) is 1. The Morgan fingerprint density at radius 2 is 0.861 bits per heavy atom. The number of hydrogen-bond acceptors (Lipinski definition) is 20. The number of aliphatic hydroxyl groups excluding tert-OH is 11. The Hall–Kier alpha value is -2.27. The Bertz CT molecular complexity index is 2020. The van der Waals surface area contributed by atoms with Gasteiger partial charge >= 0.3 is 5.97 Å². The molecular formula is C78H148N2O21. The average molecular weight is 1450 g/mol. The highest BCUT2D eigenvalue weighted by Crippen LogP contribution is 2.39. The molecule has 23 heteroatoms. The summed E-state index contributed by atoms with van der Waals surface area (Å²) in [5.74, 6) is -6.09. The molecule has 3 saturated heterocycles. The highest BCUT2D eigenvalue weighted by atomic mass is 16.8. The predicted molar refractivity (Wildman–Crippen MR) is 389 cm³/mol. The second-order valence-electron chi connectivity index (χ2n) is 30.0. The van der Waals surface area contributed by atoms with E-state index >= 15 is 0 Å². The number of rotatable bonds is 65. The number of carbonyl (C=O) groups excluding carboxylic acids is 2. The zero-order chi connectivity index (χ0) is 73.9. The molecule has 0 spiro atoms. The molecule has 101 heavy (non-hydrogen) atoms. The fourth-order valence-electron chi connectivity index (χ4n) is 14.6. The average Bonchev–Trinajstić information content (AvgIpc) is 0.756. The van der Waals surface area contributed by atoms with E-state index in [2.05, 4.69) is 24.5 Å². The van der Waals surface area contributed by atoms with E-state index in [9.17, 15) is 75.7 Å². The summed E-state index contributed by atoms with van der Waals surface area (Å²) in [7, 11) is 0. The second kappa shape index (κ2) is 57.8.